The molecule has 0 saturated carbocycles. The summed E-state index contributed by atoms with van der Waals surface area (Å²) >= 11 is 1.18. The van der Waals surface area contributed by atoms with Gasteiger partial charge in [0.1, 0.15) is 0 Å². The fraction of sp³-hybridized carbons (Fsp3) is 0.0588. The molecule has 3 N–H and O–H groups in total. The number of para-hydroxylation sites is 2. The number of benzene rings is 2. The van der Waals surface area contributed by atoms with Gasteiger partial charge in [-0.15, -0.1) is 4.83 Å². The molecule has 134 valence electrons. The molecule has 0 bridgehead atoms. The Morgan fingerprint density at radius 2 is 1.85 bits per heavy atom. The summed E-state index contributed by atoms with van der Waals surface area (Å²) in [6.45, 7) is 0. The van der Waals surface area contributed by atoms with Crippen molar-refractivity contribution in [1.82, 2.24) is 20.2 Å². The second-order valence-corrected chi connectivity index (χ2v) is 7.79. The number of carbonyl (C=O) groups excluding carboxylic acids is 1. The zero-order chi connectivity index (χ0) is 18.4. The van der Waals surface area contributed by atoms with Gasteiger partial charge in [-0.3, -0.25) is 10.2 Å². The molecule has 3 aromatic rings. The van der Waals surface area contributed by atoms with Crippen LogP contribution in [0.4, 0.5) is 0 Å². The Morgan fingerprint density at radius 3 is 2.62 bits per heavy atom. The molecule has 7 nitrogen and oxygen atoms in total. The number of nitrogens with one attached hydrogen (secondary N) is 3. The highest BCUT2D eigenvalue weighted by atomic mass is 32.2. The van der Waals surface area contributed by atoms with Crippen LogP contribution in [0.15, 0.2) is 65.2 Å². The standard InChI is InChI=1S/C17H16N4O3S2/c22-16(12-25-17-18-14-8-4-5-9-15(14)19-17)20-21-26(23,24)11-10-13-6-2-1-3-7-13/h1-11,21H,12H2,(H,18,19)(H,20,22)/b11-10+. The Balaban J connectivity index is 1.49. The zero-order valence-electron chi connectivity index (χ0n) is 13.5. The summed E-state index contributed by atoms with van der Waals surface area (Å²) in [6.07, 6.45) is 1.44. The lowest BCUT2D eigenvalue weighted by Gasteiger charge is -2.04. The molecular weight excluding hydrogens is 372 g/mol. The number of imidazole rings is 1. The van der Waals surface area contributed by atoms with E-state index in [0.29, 0.717) is 5.16 Å². The quantitative estimate of drug-likeness (QED) is 0.425. The van der Waals surface area contributed by atoms with Crippen LogP contribution in [0.2, 0.25) is 0 Å². The number of thioether (sulfide) groups is 1. The molecule has 1 heterocycles. The molecule has 1 amide bonds. The van der Waals surface area contributed by atoms with Gasteiger partial charge < -0.3 is 4.98 Å². The van der Waals surface area contributed by atoms with E-state index in [-0.39, 0.29) is 5.75 Å². The van der Waals surface area contributed by atoms with Crippen LogP contribution in [0, 0.1) is 0 Å². The second kappa shape index (κ2) is 8.17. The molecule has 0 spiro atoms. The minimum absolute atomic E-state index is 0.0186. The number of carbonyl (C=O) groups is 1. The number of hydrazine groups is 1. The number of sulfonamides is 1. The first-order chi connectivity index (χ1) is 12.5. The molecular formula is C17H16N4O3S2. The molecule has 0 aliphatic carbocycles. The van der Waals surface area contributed by atoms with E-state index < -0.39 is 15.9 Å². The van der Waals surface area contributed by atoms with Crippen LogP contribution in [0.25, 0.3) is 17.1 Å². The summed E-state index contributed by atoms with van der Waals surface area (Å²) in [5.41, 5.74) is 4.60. The number of aromatic amines is 1. The number of rotatable bonds is 7. The molecule has 2 aromatic carbocycles. The maximum Gasteiger partial charge on any atom is 0.250 e. The predicted octanol–water partition coefficient (Wildman–Crippen LogP) is 2.28. The molecule has 9 heteroatoms. The van der Waals surface area contributed by atoms with Gasteiger partial charge in [0.25, 0.3) is 10.0 Å². The van der Waals surface area contributed by atoms with Gasteiger partial charge in [0.15, 0.2) is 5.16 Å². The summed E-state index contributed by atoms with van der Waals surface area (Å²) in [4.78, 5) is 21.3. The topological polar surface area (TPSA) is 104 Å². The highest BCUT2D eigenvalue weighted by molar-refractivity contribution is 7.99. The van der Waals surface area contributed by atoms with Crippen LogP contribution in [0.5, 0.6) is 0 Å². The number of hydrogen-bond acceptors (Lipinski definition) is 5. The van der Waals surface area contributed by atoms with E-state index in [4.69, 9.17) is 0 Å². The Bertz CT molecular complexity index is 997. The van der Waals surface area contributed by atoms with Gasteiger partial charge in [0.2, 0.25) is 5.91 Å². The number of fused-ring (bicyclic) bond motifs is 1. The van der Waals surface area contributed by atoms with Gasteiger partial charge in [-0.25, -0.2) is 13.4 Å². The van der Waals surface area contributed by atoms with Gasteiger partial charge >= 0.3 is 0 Å². The van der Waals surface area contributed by atoms with Crippen molar-refractivity contribution in [3.63, 3.8) is 0 Å². The maximum absolute atomic E-state index is 11.9. The second-order valence-electron chi connectivity index (χ2n) is 5.26. The van der Waals surface area contributed by atoms with E-state index in [1.54, 1.807) is 24.3 Å². The molecule has 0 atom stereocenters. The Hall–Kier alpha value is -2.62. The first kappa shape index (κ1) is 18.2. The van der Waals surface area contributed by atoms with Crippen LogP contribution >= 0.6 is 11.8 Å². The molecule has 0 aliphatic heterocycles. The van der Waals surface area contributed by atoms with E-state index in [1.165, 1.54) is 17.8 Å². The third-order valence-electron chi connectivity index (χ3n) is 3.28. The number of aromatic nitrogens is 2. The van der Waals surface area contributed by atoms with E-state index in [1.807, 2.05) is 35.2 Å². The molecule has 0 aliphatic rings. The average Bonchev–Trinajstić information content (AvgIpc) is 3.07. The van der Waals surface area contributed by atoms with E-state index in [2.05, 4.69) is 15.4 Å². The van der Waals surface area contributed by atoms with Crippen LogP contribution in [0.1, 0.15) is 5.56 Å². The average molecular weight is 388 g/mol. The molecule has 0 unspecified atom stereocenters. The van der Waals surface area contributed by atoms with Crippen molar-refractivity contribution in [2.45, 2.75) is 5.16 Å². The zero-order valence-corrected chi connectivity index (χ0v) is 15.2. The van der Waals surface area contributed by atoms with Crippen LogP contribution in [-0.2, 0) is 14.8 Å². The summed E-state index contributed by atoms with van der Waals surface area (Å²) in [5, 5.41) is 1.59. The lowest BCUT2D eigenvalue weighted by atomic mass is 10.2. The molecule has 26 heavy (non-hydrogen) atoms. The van der Waals surface area contributed by atoms with E-state index >= 15 is 0 Å². The Kier molecular flexibility index (Phi) is 5.71. The summed E-state index contributed by atoms with van der Waals surface area (Å²) < 4.78 is 23.7. The first-order valence-electron chi connectivity index (χ1n) is 7.63. The van der Waals surface area contributed by atoms with Crippen molar-refractivity contribution in [3.05, 3.63) is 65.6 Å². The molecule has 3 rings (SSSR count). The van der Waals surface area contributed by atoms with Crippen molar-refractivity contribution in [2.75, 3.05) is 5.75 Å². The lowest BCUT2D eigenvalue weighted by Crippen LogP contribution is -2.41. The minimum Gasteiger partial charge on any atom is -0.333 e. The van der Waals surface area contributed by atoms with Gasteiger partial charge in [0, 0.05) is 5.41 Å². The van der Waals surface area contributed by atoms with Crippen LogP contribution in [0.3, 0.4) is 0 Å². The summed E-state index contributed by atoms with van der Waals surface area (Å²) in [6, 6.07) is 16.5. The third kappa shape index (κ3) is 5.19. The van der Waals surface area contributed by atoms with E-state index in [0.717, 1.165) is 22.0 Å². The highest BCUT2D eigenvalue weighted by Crippen LogP contribution is 2.18. The van der Waals surface area contributed by atoms with Crippen molar-refractivity contribution in [3.8, 4) is 0 Å². The lowest BCUT2D eigenvalue weighted by molar-refractivity contribution is -0.119. The van der Waals surface area contributed by atoms with Crippen LogP contribution in [-0.4, -0.2) is 30.0 Å². The minimum atomic E-state index is -3.77. The molecule has 0 fully saturated rings. The predicted molar refractivity (Wildman–Crippen MR) is 102 cm³/mol. The van der Waals surface area contributed by atoms with Gasteiger partial charge in [-0.1, -0.05) is 54.2 Å². The smallest absolute Gasteiger partial charge is 0.250 e. The fourth-order valence-electron chi connectivity index (χ4n) is 2.06. The van der Waals surface area contributed by atoms with Crippen molar-refractivity contribution >= 4 is 44.8 Å². The van der Waals surface area contributed by atoms with Crippen molar-refractivity contribution in [1.29, 1.82) is 0 Å². The largest absolute Gasteiger partial charge is 0.333 e. The number of nitrogens with zero attached hydrogens (tertiary/aromatic N) is 1. The molecule has 0 radical (unpaired) electrons. The maximum atomic E-state index is 11.9. The normalized spacial score (nSPS) is 11.8. The van der Waals surface area contributed by atoms with Gasteiger partial charge in [0.05, 0.1) is 16.8 Å². The number of H-pyrrole nitrogens is 1. The molecule has 1 aromatic heterocycles. The third-order valence-corrected chi connectivity index (χ3v) is 5.03. The van der Waals surface area contributed by atoms with Crippen molar-refractivity contribution in [2.24, 2.45) is 0 Å². The van der Waals surface area contributed by atoms with Gasteiger partial charge in [-0.2, -0.15) is 0 Å². The fourth-order valence-corrected chi connectivity index (χ4v) is 3.41. The Morgan fingerprint density at radius 1 is 1.12 bits per heavy atom. The summed E-state index contributed by atoms with van der Waals surface area (Å²) in [5.74, 6) is -0.461. The van der Waals surface area contributed by atoms with Crippen LogP contribution < -0.4 is 10.3 Å². The van der Waals surface area contributed by atoms with E-state index in [9.17, 15) is 13.2 Å². The SMILES string of the molecule is O=C(CSc1nc2ccccc2[nH]1)NNS(=O)(=O)/C=C/c1ccccc1. The number of amides is 1. The monoisotopic (exact) mass is 388 g/mol. The molecule has 0 saturated heterocycles. The Labute approximate surface area is 154 Å². The summed E-state index contributed by atoms with van der Waals surface area (Å²) in [7, 11) is -3.77. The van der Waals surface area contributed by atoms with Gasteiger partial charge in [-0.05, 0) is 23.8 Å². The first-order valence-corrected chi connectivity index (χ1v) is 10.2. The number of hydrogen-bond donors (Lipinski definition) is 3. The highest BCUT2D eigenvalue weighted by Gasteiger charge is 2.10. The van der Waals surface area contributed by atoms with Crippen molar-refractivity contribution < 1.29 is 13.2 Å².